The number of carboxylic acids is 1. The fraction of sp³-hybridized carbons (Fsp3) is 0.353. The molecule has 2 saturated heterocycles. The van der Waals surface area contributed by atoms with E-state index in [1.807, 2.05) is 48.5 Å². The van der Waals surface area contributed by atoms with Crippen LogP contribution in [0.15, 0.2) is 48.5 Å². The third-order valence-electron chi connectivity index (χ3n) is 8.25. The number of hydrogen-bond donors (Lipinski definition) is 1. The molecule has 12 heteroatoms. The maximum Gasteiger partial charge on any atom is 0.341 e. The van der Waals surface area contributed by atoms with Gasteiger partial charge < -0.3 is 38.3 Å². The minimum atomic E-state index is -1.30. The van der Waals surface area contributed by atoms with Crippen molar-refractivity contribution < 1.29 is 47.9 Å². The summed E-state index contributed by atoms with van der Waals surface area (Å²) < 4.78 is 38.2. The van der Waals surface area contributed by atoms with Gasteiger partial charge in [-0.05, 0) is 20.8 Å². The molecule has 10 nitrogen and oxygen atoms in total. The Hall–Kier alpha value is -3.96. The molecule has 2 fully saturated rings. The molecule has 0 saturated carbocycles. The Balaban J connectivity index is 0.000000182. The highest BCUT2D eigenvalue weighted by molar-refractivity contribution is 6.35. The zero-order chi connectivity index (χ0) is 33.6. The van der Waals surface area contributed by atoms with Gasteiger partial charge in [0.25, 0.3) is 0 Å². The van der Waals surface area contributed by atoms with E-state index in [1.165, 1.54) is 21.1 Å². The first-order chi connectivity index (χ1) is 21.9. The Kier molecular flexibility index (Phi) is 9.21. The number of methoxy groups -OCH3 is 4. The van der Waals surface area contributed by atoms with Crippen LogP contribution in [0.2, 0.25) is 10.0 Å². The topological polar surface area (TPSA) is 126 Å². The molecule has 0 amide bonds. The van der Waals surface area contributed by atoms with E-state index in [4.69, 9.17) is 56.4 Å². The normalized spacial score (nSPS) is 22.8. The summed E-state index contributed by atoms with van der Waals surface area (Å²) >= 11 is 13.0. The van der Waals surface area contributed by atoms with Gasteiger partial charge in [-0.25, -0.2) is 9.59 Å². The molecule has 0 spiro atoms. The molecule has 1 N–H and O–H groups in total. The van der Waals surface area contributed by atoms with E-state index >= 15 is 0 Å². The van der Waals surface area contributed by atoms with Gasteiger partial charge in [-0.15, -0.1) is 0 Å². The molecule has 2 heterocycles. The molecule has 4 unspecified atom stereocenters. The standard InChI is InChI=1S/C18H19ClO5.C16H15ClO5/c1-5-23-17(20)18(2)16(24-18)12-13(19)15(22-4)11-9-7-6-8-10(11)14(12)21-3;1-16(15(18)19)14(22-16)10-11(17)13(21-3)9-7-5-4-6-8(9)12(10)20-2/h6-9,16H,5H2,1-4H3;4-7,14H,1-3H3,(H,18,19). The number of aliphatic carboxylic acids is 1. The lowest BCUT2D eigenvalue weighted by atomic mass is 9.96. The summed E-state index contributed by atoms with van der Waals surface area (Å²) in [6.07, 6.45) is -1.22. The van der Waals surface area contributed by atoms with Crippen molar-refractivity contribution in [3.05, 3.63) is 69.7 Å². The number of carboxylic acid groups (broad SMARTS) is 1. The Labute approximate surface area is 275 Å². The monoisotopic (exact) mass is 672 g/mol. The van der Waals surface area contributed by atoms with Crippen LogP contribution in [0.5, 0.6) is 23.0 Å². The lowest BCUT2D eigenvalue weighted by Crippen LogP contribution is -2.24. The maximum absolute atomic E-state index is 12.2. The summed E-state index contributed by atoms with van der Waals surface area (Å²) in [6, 6.07) is 15.1. The molecule has 0 bridgehead atoms. The molecule has 2 aliphatic heterocycles. The summed E-state index contributed by atoms with van der Waals surface area (Å²) in [5, 5.41) is 13.3. The van der Waals surface area contributed by atoms with E-state index in [0.29, 0.717) is 44.2 Å². The highest BCUT2D eigenvalue weighted by atomic mass is 35.5. The van der Waals surface area contributed by atoms with Crippen LogP contribution >= 0.6 is 23.2 Å². The van der Waals surface area contributed by atoms with Crippen molar-refractivity contribution in [2.75, 3.05) is 35.0 Å². The first-order valence-electron chi connectivity index (χ1n) is 14.3. The number of halogens is 2. The SMILES string of the molecule is CCOC(=O)C1(C)OC1c1c(Cl)c(OC)c2ccccc2c1OC.COc1c(Cl)c(C2OC2(C)C(=O)O)c(OC)c2ccccc12. The van der Waals surface area contributed by atoms with Gasteiger partial charge in [0, 0.05) is 32.7 Å². The predicted octanol–water partition coefficient (Wildman–Crippen LogP) is 7.33. The van der Waals surface area contributed by atoms with Gasteiger partial charge in [0.05, 0.1) is 45.1 Å². The Bertz CT molecular complexity index is 1840. The van der Waals surface area contributed by atoms with E-state index in [1.54, 1.807) is 28.1 Å². The number of carbonyl (C=O) groups excluding carboxylic acids is 1. The fourth-order valence-corrected chi connectivity index (χ4v) is 6.45. The number of benzene rings is 4. The number of rotatable bonds is 9. The first kappa shape index (κ1) is 33.4. The number of epoxide rings is 2. The average molecular weight is 674 g/mol. The van der Waals surface area contributed by atoms with Crippen molar-refractivity contribution in [3.63, 3.8) is 0 Å². The van der Waals surface area contributed by atoms with E-state index < -0.39 is 35.3 Å². The first-order valence-corrected chi connectivity index (χ1v) is 15.1. The number of esters is 1. The van der Waals surface area contributed by atoms with Gasteiger partial charge in [0.2, 0.25) is 0 Å². The molecule has 244 valence electrons. The van der Waals surface area contributed by atoms with Crippen LogP contribution in [-0.4, -0.2) is 63.3 Å². The van der Waals surface area contributed by atoms with Gasteiger partial charge in [-0.2, -0.15) is 0 Å². The highest BCUT2D eigenvalue weighted by Crippen LogP contribution is 2.59. The van der Waals surface area contributed by atoms with Gasteiger partial charge in [0.1, 0.15) is 35.2 Å². The van der Waals surface area contributed by atoms with Crippen LogP contribution in [0.1, 0.15) is 44.1 Å². The zero-order valence-electron chi connectivity index (χ0n) is 26.4. The minimum Gasteiger partial charge on any atom is -0.496 e. The summed E-state index contributed by atoms with van der Waals surface area (Å²) in [7, 11) is 6.17. The lowest BCUT2D eigenvalue weighted by Gasteiger charge is -2.17. The van der Waals surface area contributed by atoms with E-state index in [2.05, 4.69) is 0 Å². The van der Waals surface area contributed by atoms with Gasteiger partial charge in [0.15, 0.2) is 11.2 Å². The molecular formula is C34H34Cl2O10. The van der Waals surface area contributed by atoms with Crippen molar-refractivity contribution in [2.45, 2.75) is 44.2 Å². The van der Waals surface area contributed by atoms with Gasteiger partial charge in [-0.3, -0.25) is 0 Å². The second-order valence-electron chi connectivity index (χ2n) is 10.9. The van der Waals surface area contributed by atoms with Crippen LogP contribution in [0.3, 0.4) is 0 Å². The third kappa shape index (κ3) is 5.33. The van der Waals surface area contributed by atoms with Crippen molar-refractivity contribution in [1.29, 1.82) is 0 Å². The molecule has 4 aromatic rings. The largest absolute Gasteiger partial charge is 0.496 e. The van der Waals surface area contributed by atoms with Crippen molar-refractivity contribution in [3.8, 4) is 23.0 Å². The number of carbonyl (C=O) groups is 2. The molecular weight excluding hydrogens is 639 g/mol. The van der Waals surface area contributed by atoms with Gasteiger partial charge >= 0.3 is 11.9 Å². The highest BCUT2D eigenvalue weighted by Gasteiger charge is 2.63. The third-order valence-corrected chi connectivity index (χ3v) is 9.00. The Morgan fingerprint density at radius 1 is 0.696 bits per heavy atom. The summed E-state index contributed by atoms with van der Waals surface area (Å²) in [5.74, 6) is 0.648. The molecule has 46 heavy (non-hydrogen) atoms. The maximum atomic E-state index is 12.2. The fourth-order valence-electron chi connectivity index (χ4n) is 5.72. The minimum absolute atomic E-state index is 0.288. The van der Waals surface area contributed by atoms with Crippen molar-refractivity contribution >= 4 is 56.7 Å². The second-order valence-corrected chi connectivity index (χ2v) is 11.7. The number of hydrogen-bond acceptors (Lipinski definition) is 9. The van der Waals surface area contributed by atoms with E-state index in [9.17, 15) is 14.7 Å². The summed E-state index contributed by atoms with van der Waals surface area (Å²) in [5.41, 5.74) is -1.26. The van der Waals surface area contributed by atoms with Crippen molar-refractivity contribution in [1.82, 2.24) is 0 Å². The molecule has 4 atom stereocenters. The van der Waals surface area contributed by atoms with Crippen molar-refractivity contribution in [2.24, 2.45) is 0 Å². The summed E-state index contributed by atoms with van der Waals surface area (Å²) in [6.45, 7) is 5.24. The van der Waals surface area contributed by atoms with Crippen LogP contribution in [0.4, 0.5) is 0 Å². The zero-order valence-corrected chi connectivity index (χ0v) is 27.9. The molecule has 2 aliphatic rings. The molecule has 0 aromatic heterocycles. The predicted molar refractivity (Wildman–Crippen MR) is 173 cm³/mol. The molecule has 4 aromatic carbocycles. The van der Waals surface area contributed by atoms with Crippen LogP contribution in [-0.2, 0) is 23.8 Å². The van der Waals surface area contributed by atoms with E-state index in [0.717, 1.165) is 21.5 Å². The molecule has 6 rings (SSSR count). The Morgan fingerprint density at radius 3 is 1.37 bits per heavy atom. The van der Waals surface area contributed by atoms with E-state index in [-0.39, 0.29) is 6.61 Å². The van der Waals surface area contributed by atoms with Crippen LogP contribution in [0.25, 0.3) is 21.5 Å². The smallest absolute Gasteiger partial charge is 0.341 e. The average Bonchev–Trinajstić information content (AvgIpc) is 3.94. The molecule has 0 radical (unpaired) electrons. The second kappa shape index (κ2) is 12.7. The van der Waals surface area contributed by atoms with Gasteiger partial charge in [-0.1, -0.05) is 71.7 Å². The Morgan fingerprint density at radius 2 is 1.04 bits per heavy atom. The number of ether oxygens (including phenoxy) is 7. The number of fused-ring (bicyclic) bond motifs is 2. The van der Waals surface area contributed by atoms with Crippen LogP contribution in [0, 0.1) is 0 Å². The quantitative estimate of drug-likeness (QED) is 0.143. The molecule has 0 aliphatic carbocycles. The lowest BCUT2D eigenvalue weighted by molar-refractivity contribution is -0.148. The van der Waals surface area contributed by atoms with Crippen LogP contribution < -0.4 is 18.9 Å². The summed E-state index contributed by atoms with van der Waals surface area (Å²) in [4.78, 5) is 23.5.